The van der Waals surface area contributed by atoms with Gasteiger partial charge in [-0.3, -0.25) is 4.79 Å². The van der Waals surface area contributed by atoms with Gasteiger partial charge < -0.3 is 4.74 Å². The molecule has 0 amide bonds. The van der Waals surface area contributed by atoms with Crippen molar-refractivity contribution in [3.63, 3.8) is 0 Å². The number of fused-ring (bicyclic) bond motifs is 5. The molecule has 4 aliphatic carbocycles. The maximum atomic E-state index is 11.5. The van der Waals surface area contributed by atoms with E-state index in [1.165, 1.54) is 51.4 Å². The lowest BCUT2D eigenvalue weighted by atomic mass is 9.42. The van der Waals surface area contributed by atoms with Gasteiger partial charge in [-0.05, 0) is 78.9 Å². The van der Waals surface area contributed by atoms with Crippen LogP contribution >= 0.6 is 22.6 Å². The molecule has 0 N–H and O–H groups in total. The Morgan fingerprint density at radius 1 is 1.20 bits per heavy atom. The summed E-state index contributed by atoms with van der Waals surface area (Å²) in [6.07, 6.45) is 15.4. The molecule has 0 aromatic carbocycles. The number of halogens is 1. The van der Waals surface area contributed by atoms with Crippen molar-refractivity contribution in [1.29, 1.82) is 0 Å². The third-order valence-electron chi connectivity index (χ3n) is 10.8. The molecule has 3 heteroatoms. The molecule has 4 rings (SSSR count). The fourth-order valence-electron chi connectivity index (χ4n) is 8.94. The van der Waals surface area contributed by atoms with Crippen LogP contribution < -0.4 is 0 Å². The molecule has 2 nitrogen and oxygen atoms in total. The number of carbonyl (C=O) groups excluding carboxylic acids is 1. The Labute approximate surface area is 198 Å². The topological polar surface area (TPSA) is 26.3 Å². The van der Waals surface area contributed by atoms with Gasteiger partial charge in [0.2, 0.25) is 0 Å². The van der Waals surface area contributed by atoms with Crippen LogP contribution in [0.15, 0.2) is 11.6 Å². The second-order valence-corrected chi connectivity index (χ2v) is 13.9. The molecule has 0 aromatic heterocycles. The number of esters is 1. The average molecular weight is 527 g/mol. The van der Waals surface area contributed by atoms with E-state index >= 15 is 0 Å². The van der Waals surface area contributed by atoms with Crippen molar-refractivity contribution in [3.8, 4) is 0 Å². The molecule has 0 aliphatic heterocycles. The summed E-state index contributed by atoms with van der Waals surface area (Å²) in [5.74, 6) is 2.36. The zero-order valence-electron chi connectivity index (χ0n) is 20.2. The van der Waals surface area contributed by atoms with E-state index in [4.69, 9.17) is 4.74 Å². The number of alkyl halides is 1. The van der Waals surface area contributed by atoms with E-state index in [9.17, 15) is 4.79 Å². The average Bonchev–Trinajstić information content (AvgIpc) is 2.95. The molecule has 0 radical (unpaired) electrons. The summed E-state index contributed by atoms with van der Waals surface area (Å²) in [5.41, 5.74) is 2.76. The molecular weight excluding hydrogens is 483 g/mol. The van der Waals surface area contributed by atoms with Crippen LogP contribution in [0, 0.1) is 34.0 Å². The molecule has 30 heavy (non-hydrogen) atoms. The van der Waals surface area contributed by atoms with E-state index in [1.807, 2.05) is 0 Å². The molecule has 2 unspecified atom stereocenters. The van der Waals surface area contributed by atoms with Crippen molar-refractivity contribution in [2.24, 2.45) is 34.0 Å². The van der Waals surface area contributed by atoms with E-state index in [1.54, 1.807) is 12.5 Å². The Morgan fingerprint density at radius 3 is 2.60 bits per heavy atom. The Hall–Kier alpha value is -0.0600. The second kappa shape index (κ2) is 7.76. The summed E-state index contributed by atoms with van der Waals surface area (Å²) >= 11 is 2.96. The lowest BCUT2D eigenvalue weighted by Crippen LogP contribution is -2.63. The van der Waals surface area contributed by atoms with Crippen LogP contribution in [0.4, 0.5) is 0 Å². The molecule has 0 aromatic rings. The summed E-state index contributed by atoms with van der Waals surface area (Å²) in [4.78, 5) is 11.5. The van der Waals surface area contributed by atoms with Gasteiger partial charge in [-0.2, -0.15) is 0 Å². The van der Waals surface area contributed by atoms with Crippen LogP contribution in [0.25, 0.3) is 0 Å². The zero-order valence-corrected chi connectivity index (χ0v) is 22.3. The highest BCUT2D eigenvalue weighted by molar-refractivity contribution is 14.1. The number of carbonyl (C=O) groups is 1. The first-order valence-corrected chi connectivity index (χ1v) is 13.7. The van der Waals surface area contributed by atoms with Gasteiger partial charge in [0.1, 0.15) is 6.10 Å². The van der Waals surface area contributed by atoms with Gasteiger partial charge in [0.15, 0.2) is 0 Å². The largest absolute Gasteiger partial charge is 0.462 e. The van der Waals surface area contributed by atoms with Gasteiger partial charge in [-0.15, -0.1) is 0 Å². The highest BCUT2D eigenvalue weighted by Crippen LogP contribution is 2.76. The van der Waals surface area contributed by atoms with Crippen LogP contribution in [0.1, 0.15) is 106 Å². The first-order chi connectivity index (χ1) is 14.0. The van der Waals surface area contributed by atoms with Crippen molar-refractivity contribution in [2.45, 2.75) is 115 Å². The summed E-state index contributed by atoms with van der Waals surface area (Å²) in [6.45, 7) is 14.3. The van der Waals surface area contributed by atoms with E-state index in [2.05, 4.69) is 63.3 Å². The molecule has 170 valence electrons. The predicted molar refractivity (Wildman–Crippen MR) is 133 cm³/mol. The SMILES string of the molecule is CCC[C@H](C)[C@H]1CC[C@]2(C)[C@]3(I)CC=C4CC(OC(C)=O)CC[C@]4(C)C3CC[C@]12C. The number of hydrogen-bond acceptors (Lipinski definition) is 2. The molecule has 0 bridgehead atoms. The van der Waals surface area contributed by atoms with Crippen LogP contribution in [-0.2, 0) is 9.53 Å². The zero-order chi connectivity index (χ0) is 21.9. The summed E-state index contributed by atoms with van der Waals surface area (Å²) < 4.78 is 5.99. The van der Waals surface area contributed by atoms with Crippen molar-refractivity contribution >= 4 is 28.6 Å². The molecule has 3 fully saturated rings. The van der Waals surface area contributed by atoms with Gasteiger partial charge in [-0.25, -0.2) is 0 Å². The number of allylic oxidation sites excluding steroid dienone is 1. The van der Waals surface area contributed by atoms with Crippen molar-refractivity contribution < 1.29 is 9.53 Å². The minimum Gasteiger partial charge on any atom is -0.462 e. The minimum atomic E-state index is -0.123. The quantitative estimate of drug-likeness (QED) is 0.161. The van der Waals surface area contributed by atoms with E-state index < -0.39 is 0 Å². The van der Waals surface area contributed by atoms with E-state index in [0.717, 1.165) is 30.6 Å². The molecule has 0 saturated heterocycles. The second-order valence-electron chi connectivity index (χ2n) is 11.9. The monoisotopic (exact) mass is 526 g/mol. The lowest BCUT2D eigenvalue weighted by molar-refractivity contribution is -0.149. The first-order valence-electron chi connectivity index (χ1n) is 12.6. The van der Waals surface area contributed by atoms with E-state index in [-0.39, 0.29) is 17.5 Å². The normalized spacial score (nSPS) is 48.8. The highest BCUT2D eigenvalue weighted by Gasteiger charge is 2.70. The van der Waals surface area contributed by atoms with Crippen LogP contribution in [0.3, 0.4) is 0 Å². The third-order valence-corrected chi connectivity index (χ3v) is 13.2. The predicted octanol–water partition coefficient (Wildman–Crippen LogP) is 7.88. The molecule has 0 heterocycles. The maximum Gasteiger partial charge on any atom is 0.302 e. The fourth-order valence-corrected chi connectivity index (χ4v) is 11.0. The van der Waals surface area contributed by atoms with Gasteiger partial charge in [0.25, 0.3) is 0 Å². The fraction of sp³-hybridized carbons (Fsp3) is 0.889. The molecule has 0 spiro atoms. The maximum absolute atomic E-state index is 11.5. The van der Waals surface area contributed by atoms with Crippen LogP contribution in [-0.4, -0.2) is 15.5 Å². The minimum absolute atomic E-state index is 0.0960. The molecule has 4 aliphatic rings. The summed E-state index contributed by atoms with van der Waals surface area (Å²) in [6, 6.07) is 0. The van der Waals surface area contributed by atoms with Crippen LogP contribution in [0.2, 0.25) is 0 Å². The lowest BCUT2D eigenvalue weighted by Gasteiger charge is -2.67. The van der Waals surface area contributed by atoms with Crippen molar-refractivity contribution in [3.05, 3.63) is 11.6 Å². The highest BCUT2D eigenvalue weighted by atomic mass is 127. The summed E-state index contributed by atoms with van der Waals surface area (Å²) in [7, 11) is 0. The molecule has 8 atom stereocenters. The van der Waals surface area contributed by atoms with Crippen molar-refractivity contribution in [1.82, 2.24) is 0 Å². The number of hydrogen-bond donors (Lipinski definition) is 0. The van der Waals surface area contributed by atoms with E-state index in [0.29, 0.717) is 14.3 Å². The molecular formula is C27H43IO2. The third kappa shape index (κ3) is 3.10. The molecule has 3 saturated carbocycles. The Balaban J connectivity index is 1.66. The Bertz CT molecular complexity index is 730. The van der Waals surface area contributed by atoms with Crippen LogP contribution in [0.5, 0.6) is 0 Å². The van der Waals surface area contributed by atoms with Gasteiger partial charge in [-0.1, -0.05) is 81.7 Å². The van der Waals surface area contributed by atoms with Gasteiger partial charge in [0.05, 0.1) is 0 Å². The first kappa shape index (κ1) is 23.1. The van der Waals surface area contributed by atoms with Gasteiger partial charge in [0, 0.05) is 16.8 Å². The smallest absolute Gasteiger partial charge is 0.302 e. The standard InChI is InChI=1S/C27H43IO2/c1-7-8-18(2)22-11-15-26(6)25(22,5)14-12-23-24(4)13-10-21(30-19(3)29)17-20(24)9-16-27(23,26)28/h9,18,21-23H,7-8,10-17H2,1-6H3/t18-,21?,22+,23?,24-,25+,26-,27-/m0/s1. The Morgan fingerprint density at radius 2 is 1.93 bits per heavy atom. The summed E-state index contributed by atoms with van der Waals surface area (Å²) in [5, 5.41) is 0. The Kier molecular flexibility index (Phi) is 5.98. The number of rotatable bonds is 4. The van der Waals surface area contributed by atoms with Crippen molar-refractivity contribution in [2.75, 3.05) is 0 Å². The number of ether oxygens (including phenoxy) is 1. The van der Waals surface area contributed by atoms with Gasteiger partial charge >= 0.3 is 5.97 Å².